The molecule has 3 N–H and O–H groups in total. The predicted octanol–water partition coefficient (Wildman–Crippen LogP) is 1.26. The number of hydrogen-bond donors (Lipinski definition) is 2. The standard InChI is InChI=1S/C12H20N2O2S/c1-3-4-11-5-7-12(8-6-11)17(15,16)14-10(2)9-13/h5-8,10,14H,3-4,9,13H2,1-2H3/t10-/m1/s1. The van der Waals surface area contributed by atoms with Crippen molar-refractivity contribution in [2.24, 2.45) is 5.73 Å². The van der Waals surface area contributed by atoms with Gasteiger partial charge in [-0.3, -0.25) is 0 Å². The summed E-state index contributed by atoms with van der Waals surface area (Å²) in [6.45, 7) is 4.12. The van der Waals surface area contributed by atoms with Crippen molar-refractivity contribution in [2.45, 2.75) is 37.6 Å². The Morgan fingerprint density at radius 1 is 1.29 bits per heavy atom. The maximum atomic E-state index is 11.9. The Balaban J connectivity index is 2.85. The van der Waals surface area contributed by atoms with E-state index < -0.39 is 10.0 Å². The summed E-state index contributed by atoms with van der Waals surface area (Å²) in [5.74, 6) is 0. The van der Waals surface area contributed by atoms with E-state index in [1.165, 1.54) is 0 Å². The second kappa shape index (κ2) is 6.14. The van der Waals surface area contributed by atoms with Crippen molar-refractivity contribution in [2.75, 3.05) is 6.54 Å². The van der Waals surface area contributed by atoms with Gasteiger partial charge in [0.1, 0.15) is 0 Å². The molecule has 0 aliphatic carbocycles. The van der Waals surface area contributed by atoms with Crippen LogP contribution >= 0.6 is 0 Å². The van der Waals surface area contributed by atoms with E-state index in [1.807, 2.05) is 12.1 Å². The molecule has 1 rings (SSSR count). The smallest absolute Gasteiger partial charge is 0.240 e. The molecule has 0 amide bonds. The normalized spacial score (nSPS) is 13.6. The Morgan fingerprint density at radius 2 is 1.88 bits per heavy atom. The summed E-state index contributed by atoms with van der Waals surface area (Å²) in [6, 6.07) is 6.72. The van der Waals surface area contributed by atoms with E-state index in [0.29, 0.717) is 0 Å². The molecular weight excluding hydrogens is 236 g/mol. The molecular formula is C12H20N2O2S. The fourth-order valence-corrected chi connectivity index (χ4v) is 2.76. The van der Waals surface area contributed by atoms with Crippen LogP contribution in [0.5, 0.6) is 0 Å². The molecule has 5 heteroatoms. The lowest BCUT2D eigenvalue weighted by molar-refractivity contribution is 0.562. The summed E-state index contributed by atoms with van der Waals surface area (Å²) in [5.41, 5.74) is 6.55. The summed E-state index contributed by atoms with van der Waals surface area (Å²) in [6.07, 6.45) is 2.02. The molecule has 0 bridgehead atoms. The molecule has 1 aromatic rings. The van der Waals surface area contributed by atoms with Gasteiger partial charge in [0.25, 0.3) is 0 Å². The average Bonchev–Trinajstić information content (AvgIpc) is 2.29. The molecule has 1 aromatic carbocycles. The maximum Gasteiger partial charge on any atom is 0.240 e. The van der Waals surface area contributed by atoms with Crippen LogP contribution in [-0.2, 0) is 16.4 Å². The van der Waals surface area contributed by atoms with Gasteiger partial charge in [-0.1, -0.05) is 25.5 Å². The van der Waals surface area contributed by atoms with Crippen LogP contribution in [0.25, 0.3) is 0 Å². The van der Waals surface area contributed by atoms with Crippen LogP contribution in [0.3, 0.4) is 0 Å². The van der Waals surface area contributed by atoms with Crippen molar-refractivity contribution in [1.82, 2.24) is 4.72 Å². The van der Waals surface area contributed by atoms with Crippen molar-refractivity contribution in [3.63, 3.8) is 0 Å². The van der Waals surface area contributed by atoms with Crippen LogP contribution in [-0.4, -0.2) is 21.0 Å². The highest BCUT2D eigenvalue weighted by Gasteiger charge is 2.15. The van der Waals surface area contributed by atoms with Crippen LogP contribution in [0.1, 0.15) is 25.8 Å². The maximum absolute atomic E-state index is 11.9. The molecule has 1 atom stereocenters. The van der Waals surface area contributed by atoms with Gasteiger partial charge in [-0.25, -0.2) is 13.1 Å². The summed E-state index contributed by atoms with van der Waals surface area (Å²) in [7, 11) is -3.43. The number of benzene rings is 1. The van der Waals surface area contributed by atoms with Gasteiger partial charge in [0.15, 0.2) is 0 Å². The zero-order valence-corrected chi connectivity index (χ0v) is 11.1. The van der Waals surface area contributed by atoms with Crippen LogP contribution in [0.15, 0.2) is 29.2 Å². The van der Waals surface area contributed by atoms with Crippen LogP contribution in [0.4, 0.5) is 0 Å². The molecule has 4 nitrogen and oxygen atoms in total. The first kappa shape index (κ1) is 14.2. The third kappa shape index (κ3) is 4.11. The molecule has 96 valence electrons. The van der Waals surface area contributed by atoms with E-state index in [4.69, 9.17) is 5.73 Å². The Hall–Kier alpha value is -0.910. The Morgan fingerprint density at radius 3 is 2.35 bits per heavy atom. The minimum atomic E-state index is -3.43. The highest BCUT2D eigenvalue weighted by molar-refractivity contribution is 7.89. The monoisotopic (exact) mass is 256 g/mol. The molecule has 0 unspecified atom stereocenters. The van der Waals surface area contributed by atoms with E-state index in [0.717, 1.165) is 18.4 Å². The zero-order valence-electron chi connectivity index (χ0n) is 10.3. The zero-order chi connectivity index (χ0) is 12.9. The summed E-state index contributed by atoms with van der Waals surface area (Å²) in [5, 5.41) is 0. The van der Waals surface area contributed by atoms with Crippen molar-refractivity contribution in [3.8, 4) is 0 Å². The molecule has 0 radical (unpaired) electrons. The van der Waals surface area contributed by atoms with Crippen LogP contribution in [0, 0.1) is 0 Å². The van der Waals surface area contributed by atoms with Gasteiger partial charge in [0.2, 0.25) is 10.0 Å². The van der Waals surface area contributed by atoms with Crippen molar-refractivity contribution in [3.05, 3.63) is 29.8 Å². The van der Waals surface area contributed by atoms with Crippen molar-refractivity contribution in [1.29, 1.82) is 0 Å². The predicted molar refractivity (Wildman–Crippen MR) is 69.3 cm³/mol. The molecule has 0 saturated heterocycles. The lowest BCUT2D eigenvalue weighted by Crippen LogP contribution is -2.37. The number of aryl methyl sites for hydroxylation is 1. The summed E-state index contributed by atoms with van der Waals surface area (Å²) < 4.78 is 26.3. The van der Waals surface area contributed by atoms with Gasteiger partial charge >= 0.3 is 0 Å². The molecule has 0 spiro atoms. The second-order valence-corrected chi connectivity index (χ2v) is 5.87. The molecule has 0 aliphatic heterocycles. The Bertz CT molecular complexity index is 440. The van der Waals surface area contributed by atoms with Gasteiger partial charge in [0, 0.05) is 12.6 Å². The largest absolute Gasteiger partial charge is 0.329 e. The molecule has 0 aromatic heterocycles. The number of nitrogens with two attached hydrogens (primary N) is 1. The van der Waals surface area contributed by atoms with E-state index in [2.05, 4.69) is 11.6 Å². The molecule has 17 heavy (non-hydrogen) atoms. The fraction of sp³-hybridized carbons (Fsp3) is 0.500. The number of hydrogen-bond acceptors (Lipinski definition) is 3. The highest BCUT2D eigenvalue weighted by Crippen LogP contribution is 2.12. The van der Waals surface area contributed by atoms with Crippen LogP contribution < -0.4 is 10.5 Å². The third-order valence-electron chi connectivity index (χ3n) is 2.48. The van der Waals surface area contributed by atoms with E-state index in [9.17, 15) is 8.42 Å². The number of nitrogens with one attached hydrogen (secondary N) is 1. The first-order valence-electron chi connectivity index (χ1n) is 5.81. The lowest BCUT2D eigenvalue weighted by Gasteiger charge is -2.12. The van der Waals surface area contributed by atoms with Crippen molar-refractivity contribution >= 4 is 10.0 Å². The molecule has 0 aliphatic rings. The molecule has 0 fully saturated rings. The Labute approximate surface area is 103 Å². The van der Waals surface area contributed by atoms with Gasteiger partial charge < -0.3 is 5.73 Å². The molecule has 0 heterocycles. The first-order valence-corrected chi connectivity index (χ1v) is 7.29. The van der Waals surface area contributed by atoms with Gasteiger partial charge in [-0.15, -0.1) is 0 Å². The topological polar surface area (TPSA) is 72.2 Å². The van der Waals surface area contributed by atoms with Gasteiger partial charge in [0.05, 0.1) is 4.90 Å². The highest BCUT2D eigenvalue weighted by atomic mass is 32.2. The molecule has 0 saturated carbocycles. The number of sulfonamides is 1. The SMILES string of the molecule is CCCc1ccc(S(=O)(=O)N[C@H](C)CN)cc1. The summed E-state index contributed by atoms with van der Waals surface area (Å²) >= 11 is 0. The van der Waals surface area contributed by atoms with Crippen molar-refractivity contribution < 1.29 is 8.42 Å². The fourth-order valence-electron chi connectivity index (χ4n) is 1.50. The minimum absolute atomic E-state index is 0.254. The van der Waals surface area contributed by atoms with E-state index in [1.54, 1.807) is 19.1 Å². The average molecular weight is 256 g/mol. The summed E-state index contributed by atoms with van der Waals surface area (Å²) in [4.78, 5) is 0.289. The Kier molecular flexibility index (Phi) is 5.11. The van der Waals surface area contributed by atoms with Gasteiger partial charge in [-0.05, 0) is 31.0 Å². The van der Waals surface area contributed by atoms with Crippen LogP contribution in [0.2, 0.25) is 0 Å². The lowest BCUT2D eigenvalue weighted by atomic mass is 10.1. The number of rotatable bonds is 6. The minimum Gasteiger partial charge on any atom is -0.329 e. The third-order valence-corrected chi connectivity index (χ3v) is 4.09. The van der Waals surface area contributed by atoms with E-state index in [-0.39, 0.29) is 17.5 Å². The quantitative estimate of drug-likeness (QED) is 0.805. The second-order valence-electron chi connectivity index (χ2n) is 4.15. The van der Waals surface area contributed by atoms with Gasteiger partial charge in [-0.2, -0.15) is 0 Å². The first-order chi connectivity index (χ1) is 7.99. The van der Waals surface area contributed by atoms with E-state index >= 15 is 0 Å².